The van der Waals surface area contributed by atoms with Crippen LogP contribution in [0.1, 0.15) is 60.8 Å². The van der Waals surface area contributed by atoms with Gasteiger partial charge in [-0.3, -0.25) is 25.2 Å². The molecule has 3 N–H and O–H groups in total. The van der Waals surface area contributed by atoms with E-state index in [1.165, 1.54) is 4.88 Å². The Morgan fingerprint density at radius 1 is 1.07 bits per heavy atom. The molecule has 2 fully saturated rings. The third kappa shape index (κ3) is 3.39. The van der Waals surface area contributed by atoms with Crippen LogP contribution in [-0.4, -0.2) is 22.9 Å². The highest BCUT2D eigenvalue weighted by atomic mass is 32.1. The molecule has 2 saturated carbocycles. The number of amides is 2. The summed E-state index contributed by atoms with van der Waals surface area (Å²) < 4.78 is 0. The smallest absolute Gasteiger partial charge is 0.307 e. The van der Waals surface area contributed by atoms with Crippen LogP contribution in [0.5, 0.6) is 0 Å². The molecule has 7 heteroatoms. The van der Waals surface area contributed by atoms with Crippen molar-refractivity contribution in [2.24, 2.45) is 29.6 Å². The van der Waals surface area contributed by atoms with Crippen LogP contribution < -0.4 is 10.9 Å². The van der Waals surface area contributed by atoms with Crippen LogP contribution in [0, 0.1) is 29.6 Å². The normalized spacial score (nSPS) is 30.0. The lowest BCUT2D eigenvalue weighted by Gasteiger charge is -2.26. The largest absolute Gasteiger partial charge is 0.481 e. The Morgan fingerprint density at radius 3 is 2.41 bits per heavy atom. The molecule has 1 aromatic rings. The summed E-state index contributed by atoms with van der Waals surface area (Å²) in [7, 11) is 0. The first-order valence-corrected chi connectivity index (χ1v) is 11.3. The fourth-order valence-corrected chi connectivity index (χ4v) is 6.99. The molecular weight excluding hydrogens is 388 g/mol. The number of carbonyl (C=O) groups is 3. The van der Waals surface area contributed by atoms with Gasteiger partial charge in [-0.2, -0.15) is 0 Å². The summed E-state index contributed by atoms with van der Waals surface area (Å²) >= 11 is 1.60. The molecular formula is C22H28N2O4S. The Morgan fingerprint density at radius 2 is 1.76 bits per heavy atom. The summed E-state index contributed by atoms with van der Waals surface area (Å²) in [4.78, 5) is 38.8. The van der Waals surface area contributed by atoms with Gasteiger partial charge in [0.05, 0.1) is 17.4 Å². The number of fused-ring (bicyclic) bond motifs is 3. The Labute approximate surface area is 174 Å². The molecule has 1 heterocycles. The lowest BCUT2D eigenvalue weighted by Crippen LogP contribution is -2.48. The number of carboxylic acid groups (broad SMARTS) is 1. The van der Waals surface area contributed by atoms with E-state index in [-0.39, 0.29) is 17.7 Å². The maximum Gasteiger partial charge on any atom is 0.307 e. The zero-order valence-electron chi connectivity index (χ0n) is 17.1. The topological polar surface area (TPSA) is 95.5 Å². The number of rotatable bonds is 3. The lowest BCUT2D eigenvalue weighted by molar-refractivity contribution is -0.149. The zero-order chi connectivity index (χ0) is 20.9. The lowest BCUT2D eigenvalue weighted by atomic mass is 9.79. The van der Waals surface area contributed by atoms with Crippen molar-refractivity contribution in [1.82, 2.24) is 10.9 Å². The Hall–Kier alpha value is -2.15. The molecule has 0 radical (unpaired) electrons. The van der Waals surface area contributed by atoms with Crippen LogP contribution in [0.15, 0.2) is 16.5 Å². The van der Waals surface area contributed by atoms with Gasteiger partial charge in [0.1, 0.15) is 0 Å². The average molecular weight is 417 g/mol. The van der Waals surface area contributed by atoms with Crippen LogP contribution in [0.4, 0.5) is 0 Å². The second-order valence-corrected chi connectivity index (χ2v) is 9.94. The summed E-state index contributed by atoms with van der Waals surface area (Å²) in [5.74, 6) is -2.47. The molecule has 0 aliphatic heterocycles. The fourth-order valence-electron chi connectivity index (χ4n) is 5.74. The van der Waals surface area contributed by atoms with E-state index in [0.29, 0.717) is 11.5 Å². The highest BCUT2D eigenvalue weighted by Crippen LogP contribution is 2.57. The molecule has 29 heavy (non-hydrogen) atoms. The number of allylic oxidation sites excluding steroid dienone is 2. The van der Waals surface area contributed by atoms with Gasteiger partial charge in [0, 0.05) is 10.3 Å². The van der Waals surface area contributed by atoms with E-state index in [0.717, 1.165) is 48.8 Å². The summed E-state index contributed by atoms with van der Waals surface area (Å²) in [6.45, 7) is 6.20. The Balaban J connectivity index is 1.47. The van der Waals surface area contributed by atoms with Crippen molar-refractivity contribution in [3.63, 3.8) is 0 Å². The second-order valence-electron chi connectivity index (χ2n) is 8.98. The van der Waals surface area contributed by atoms with Gasteiger partial charge in [-0.1, -0.05) is 18.1 Å². The van der Waals surface area contributed by atoms with Gasteiger partial charge < -0.3 is 5.11 Å². The highest BCUT2D eigenvalue weighted by Gasteiger charge is 2.57. The number of aliphatic carboxylic acids is 1. The minimum Gasteiger partial charge on any atom is -0.481 e. The van der Waals surface area contributed by atoms with E-state index in [1.54, 1.807) is 11.3 Å². The fraction of sp³-hybridized carbons (Fsp3) is 0.591. The Kier molecular flexibility index (Phi) is 5.27. The van der Waals surface area contributed by atoms with Crippen LogP contribution in [0.2, 0.25) is 0 Å². The molecule has 3 aliphatic rings. The van der Waals surface area contributed by atoms with Crippen LogP contribution in [0.25, 0.3) is 0 Å². The molecule has 3 aliphatic carbocycles. The molecule has 1 aromatic heterocycles. The van der Waals surface area contributed by atoms with Gasteiger partial charge >= 0.3 is 5.97 Å². The minimum atomic E-state index is -0.927. The molecule has 0 spiro atoms. The van der Waals surface area contributed by atoms with E-state index >= 15 is 0 Å². The molecule has 156 valence electrons. The summed E-state index contributed by atoms with van der Waals surface area (Å²) in [5.41, 5.74) is 9.05. The maximum atomic E-state index is 12.9. The van der Waals surface area contributed by atoms with E-state index in [4.69, 9.17) is 0 Å². The van der Waals surface area contributed by atoms with Crippen LogP contribution in [0.3, 0.4) is 0 Å². The molecule has 0 saturated heterocycles. The first-order valence-electron chi connectivity index (χ1n) is 10.4. The molecule has 4 rings (SSSR count). The van der Waals surface area contributed by atoms with Crippen molar-refractivity contribution in [1.29, 1.82) is 0 Å². The summed E-state index contributed by atoms with van der Waals surface area (Å²) in [6, 6.07) is 0. The quantitative estimate of drug-likeness (QED) is 0.520. The van der Waals surface area contributed by atoms with Crippen molar-refractivity contribution in [3.05, 3.63) is 32.5 Å². The van der Waals surface area contributed by atoms with Gasteiger partial charge in [-0.15, -0.1) is 11.3 Å². The number of hydrogen-bond donors (Lipinski definition) is 3. The number of thiophene rings is 1. The van der Waals surface area contributed by atoms with Gasteiger partial charge in [0.2, 0.25) is 5.91 Å². The van der Waals surface area contributed by atoms with Gasteiger partial charge in [-0.05, 0) is 69.3 Å². The third-order valence-electron chi connectivity index (χ3n) is 6.95. The number of carbonyl (C=O) groups excluding carboxylic acids is 2. The van der Waals surface area contributed by atoms with E-state index < -0.39 is 23.7 Å². The summed E-state index contributed by atoms with van der Waals surface area (Å²) in [5, 5.41) is 11.6. The Bertz CT molecular complexity index is 899. The number of carboxylic acids is 1. The SMILES string of the molecule is CC(C)=C1[C@H]2CC[C@H]1[C@@H](C(=O)NNC(=O)c1csc3c1CC[C@@H](C)C3)[C@H]2C(=O)O. The van der Waals surface area contributed by atoms with Crippen molar-refractivity contribution in [2.75, 3.05) is 0 Å². The number of nitrogens with one attached hydrogen (secondary N) is 2. The number of hydrazine groups is 1. The third-order valence-corrected chi connectivity index (χ3v) is 8.00. The van der Waals surface area contributed by atoms with Crippen LogP contribution in [-0.2, 0) is 22.4 Å². The van der Waals surface area contributed by atoms with Crippen molar-refractivity contribution in [2.45, 2.75) is 52.9 Å². The van der Waals surface area contributed by atoms with Crippen LogP contribution >= 0.6 is 11.3 Å². The first kappa shape index (κ1) is 20.1. The number of hydrogen-bond acceptors (Lipinski definition) is 4. The molecule has 2 amide bonds. The van der Waals surface area contributed by atoms with E-state index in [9.17, 15) is 19.5 Å². The molecule has 6 nitrogen and oxygen atoms in total. The molecule has 2 bridgehead atoms. The van der Waals surface area contributed by atoms with Crippen molar-refractivity contribution in [3.8, 4) is 0 Å². The van der Waals surface area contributed by atoms with Crippen molar-refractivity contribution >= 4 is 29.1 Å². The summed E-state index contributed by atoms with van der Waals surface area (Å²) in [6.07, 6.45) is 4.59. The molecule has 5 atom stereocenters. The zero-order valence-corrected chi connectivity index (χ0v) is 17.9. The van der Waals surface area contributed by atoms with Gasteiger partial charge in [0.25, 0.3) is 5.91 Å². The molecule has 0 unspecified atom stereocenters. The van der Waals surface area contributed by atoms with E-state index in [2.05, 4.69) is 17.8 Å². The van der Waals surface area contributed by atoms with Gasteiger partial charge in [-0.25, -0.2) is 0 Å². The van der Waals surface area contributed by atoms with Gasteiger partial charge in [0.15, 0.2) is 0 Å². The second kappa shape index (κ2) is 7.59. The van der Waals surface area contributed by atoms with E-state index in [1.807, 2.05) is 19.2 Å². The monoisotopic (exact) mass is 416 g/mol. The predicted octanol–water partition coefficient (Wildman–Crippen LogP) is 3.33. The maximum absolute atomic E-state index is 12.9. The average Bonchev–Trinajstić information content (AvgIpc) is 3.36. The standard InChI is InChI=1S/C22H28N2O4S/c1-10(2)17-13-6-7-14(17)19(22(27)28)18(13)21(26)24-23-20(25)15-9-29-16-8-11(3)4-5-12(15)16/h9,11,13-14,18-19H,4-8H2,1-3H3,(H,23,25)(H,24,26)(H,27,28)/t11-,13-,14-,18-,19+/m1/s1. The van der Waals surface area contributed by atoms with Crippen molar-refractivity contribution < 1.29 is 19.5 Å². The first-order chi connectivity index (χ1) is 13.8. The predicted molar refractivity (Wildman–Crippen MR) is 110 cm³/mol. The molecule has 0 aromatic carbocycles. The highest BCUT2D eigenvalue weighted by molar-refractivity contribution is 7.10. The minimum absolute atomic E-state index is 0.0432.